The molecule has 0 unspecified atom stereocenters. The Morgan fingerprint density at radius 3 is 1.72 bits per heavy atom. The van der Waals surface area contributed by atoms with Crippen LogP contribution in [0.4, 0.5) is 17.1 Å². The summed E-state index contributed by atoms with van der Waals surface area (Å²) in [5.74, 6) is 0. The van der Waals surface area contributed by atoms with Gasteiger partial charge >= 0.3 is 0 Å². The summed E-state index contributed by atoms with van der Waals surface area (Å²) in [7, 11) is 0. The van der Waals surface area contributed by atoms with Gasteiger partial charge in [-0.1, -0.05) is 121 Å². The Kier molecular flexibility index (Phi) is 5.08. The minimum atomic E-state index is 1.01. The Bertz CT molecular complexity index is 3580. The number of anilines is 3. The van der Waals surface area contributed by atoms with Crippen LogP contribution in [-0.4, -0.2) is 13.8 Å². The van der Waals surface area contributed by atoms with Crippen LogP contribution in [0.15, 0.2) is 170 Å². The molecule has 0 atom stereocenters. The van der Waals surface area contributed by atoms with Crippen LogP contribution >= 0.6 is 0 Å². The summed E-state index contributed by atoms with van der Waals surface area (Å²) in [6, 6.07) is 62.0. The van der Waals surface area contributed by atoms with E-state index in [0.29, 0.717) is 0 Å². The highest BCUT2D eigenvalue weighted by Crippen LogP contribution is 2.49. The van der Waals surface area contributed by atoms with Crippen molar-refractivity contribution >= 4 is 115 Å². The number of para-hydroxylation sites is 4. The molecule has 0 saturated carbocycles. The number of nitrogens with zero attached hydrogens (tertiary/aromatic N) is 4. The van der Waals surface area contributed by atoms with Crippen molar-refractivity contribution in [3.63, 3.8) is 0 Å². The SMILES string of the molecule is c1ccc(N(c2ccccc2)c2cc3ccccc3c3c4cccc5c6nc7c(cc6n(c23)c54)c2cccc3c4cc5ccccc5cc4n7c32)cc1. The molecule has 0 spiro atoms. The van der Waals surface area contributed by atoms with Gasteiger partial charge in [-0.15, -0.1) is 0 Å². The Hall–Kier alpha value is -7.17. The summed E-state index contributed by atoms with van der Waals surface area (Å²) in [6.07, 6.45) is 0. The van der Waals surface area contributed by atoms with Gasteiger partial charge < -0.3 is 9.30 Å². The summed E-state index contributed by atoms with van der Waals surface area (Å²) in [5, 5.41) is 13.6. The lowest BCUT2D eigenvalue weighted by atomic mass is 10.0. The van der Waals surface area contributed by atoms with E-state index in [9.17, 15) is 0 Å². The highest BCUT2D eigenvalue weighted by molar-refractivity contribution is 6.32. The molecule has 53 heavy (non-hydrogen) atoms. The van der Waals surface area contributed by atoms with Gasteiger partial charge in [-0.3, -0.25) is 4.40 Å². The van der Waals surface area contributed by atoms with E-state index in [2.05, 4.69) is 184 Å². The number of pyridine rings is 1. The molecular formula is C49H28N4. The Labute approximate surface area is 302 Å². The minimum absolute atomic E-state index is 1.01. The van der Waals surface area contributed by atoms with Crippen LogP contribution in [0, 0.1) is 0 Å². The molecule has 8 aromatic carbocycles. The van der Waals surface area contributed by atoms with Crippen molar-refractivity contribution in [2.45, 2.75) is 0 Å². The van der Waals surface area contributed by atoms with Crippen molar-refractivity contribution in [1.82, 2.24) is 13.8 Å². The zero-order valence-corrected chi connectivity index (χ0v) is 28.5. The number of benzene rings is 8. The van der Waals surface area contributed by atoms with Crippen LogP contribution in [-0.2, 0) is 0 Å². The fraction of sp³-hybridized carbons (Fsp3) is 0. The van der Waals surface area contributed by atoms with Crippen LogP contribution in [0.1, 0.15) is 0 Å². The van der Waals surface area contributed by atoms with E-state index < -0.39 is 0 Å². The van der Waals surface area contributed by atoms with Gasteiger partial charge in [0.25, 0.3) is 0 Å². The maximum absolute atomic E-state index is 5.68. The Morgan fingerprint density at radius 1 is 0.377 bits per heavy atom. The average Bonchev–Trinajstić information content (AvgIpc) is 3.94. The van der Waals surface area contributed by atoms with Gasteiger partial charge in [0.05, 0.1) is 38.8 Å². The highest BCUT2D eigenvalue weighted by atomic mass is 15.2. The molecule has 5 heterocycles. The monoisotopic (exact) mass is 672 g/mol. The molecular weight excluding hydrogens is 645 g/mol. The van der Waals surface area contributed by atoms with Crippen molar-refractivity contribution in [1.29, 1.82) is 0 Å². The summed E-state index contributed by atoms with van der Waals surface area (Å²) in [5.41, 5.74) is 11.4. The lowest BCUT2D eigenvalue weighted by molar-refractivity contribution is 1.27. The van der Waals surface area contributed by atoms with Gasteiger partial charge in [0.1, 0.15) is 5.65 Å². The summed E-state index contributed by atoms with van der Waals surface area (Å²) >= 11 is 0. The second-order valence-electron chi connectivity index (χ2n) is 14.4. The first-order valence-corrected chi connectivity index (χ1v) is 18.2. The van der Waals surface area contributed by atoms with E-state index in [1.54, 1.807) is 0 Å². The number of hydrogen-bond donors (Lipinski definition) is 0. The summed E-state index contributed by atoms with van der Waals surface area (Å²) in [6.45, 7) is 0. The number of rotatable bonds is 3. The van der Waals surface area contributed by atoms with Crippen molar-refractivity contribution in [2.75, 3.05) is 4.90 Å². The molecule has 0 aliphatic rings. The first-order valence-electron chi connectivity index (χ1n) is 18.2. The van der Waals surface area contributed by atoms with Gasteiger partial charge in [-0.05, 0) is 70.1 Å². The number of hydrogen-bond acceptors (Lipinski definition) is 2. The third kappa shape index (κ3) is 3.43. The zero-order valence-electron chi connectivity index (χ0n) is 28.5. The second kappa shape index (κ2) is 9.78. The van der Waals surface area contributed by atoms with Crippen molar-refractivity contribution in [3.05, 3.63) is 170 Å². The van der Waals surface area contributed by atoms with Gasteiger partial charge in [-0.2, -0.15) is 0 Å². The standard InChI is InChI=1S/C49H28N4/c1-3-16-32(17-4-1)51(33-18-5-2-6-19-33)43-27-31-15-9-10-20-34(31)44-37-23-12-24-38-45-42(52(47(37)38)48(43)44)28-40-36-22-11-21-35-39-25-29-13-7-8-14-30(29)26-41(39)53(46(35)36)49(40)50-45/h1-28H. The minimum Gasteiger partial charge on any atom is -0.308 e. The van der Waals surface area contributed by atoms with Crippen LogP contribution in [0.5, 0.6) is 0 Å². The smallest absolute Gasteiger partial charge is 0.146 e. The van der Waals surface area contributed by atoms with Crippen molar-refractivity contribution < 1.29 is 0 Å². The van der Waals surface area contributed by atoms with Gasteiger partial charge in [0.2, 0.25) is 0 Å². The summed E-state index contributed by atoms with van der Waals surface area (Å²) in [4.78, 5) is 8.09. The van der Waals surface area contributed by atoms with Crippen LogP contribution < -0.4 is 4.90 Å². The summed E-state index contributed by atoms with van der Waals surface area (Å²) < 4.78 is 4.93. The van der Waals surface area contributed by atoms with E-state index in [-0.39, 0.29) is 0 Å². The quantitative estimate of drug-likeness (QED) is 0.187. The highest BCUT2D eigenvalue weighted by Gasteiger charge is 2.27. The molecule has 0 aliphatic carbocycles. The van der Waals surface area contributed by atoms with E-state index in [0.717, 1.165) is 33.7 Å². The lowest BCUT2D eigenvalue weighted by Gasteiger charge is -2.27. The average molecular weight is 673 g/mol. The largest absolute Gasteiger partial charge is 0.308 e. The fourth-order valence-corrected chi connectivity index (χ4v) is 9.52. The Morgan fingerprint density at radius 2 is 0.962 bits per heavy atom. The fourth-order valence-electron chi connectivity index (χ4n) is 9.52. The molecule has 5 aromatic heterocycles. The molecule has 0 saturated heterocycles. The molecule has 13 aromatic rings. The predicted octanol–water partition coefficient (Wildman–Crippen LogP) is 13.2. The maximum Gasteiger partial charge on any atom is 0.146 e. The Balaban J connectivity index is 1.24. The molecule has 0 bridgehead atoms. The number of aromatic nitrogens is 3. The van der Waals surface area contributed by atoms with Crippen LogP contribution in [0.3, 0.4) is 0 Å². The second-order valence-corrected chi connectivity index (χ2v) is 14.4. The molecule has 244 valence electrons. The van der Waals surface area contributed by atoms with Crippen molar-refractivity contribution in [2.24, 2.45) is 0 Å². The van der Waals surface area contributed by atoms with Crippen molar-refractivity contribution in [3.8, 4) is 0 Å². The molecule has 0 aliphatic heterocycles. The first kappa shape index (κ1) is 27.5. The first-order chi connectivity index (χ1) is 26.3. The molecule has 4 nitrogen and oxygen atoms in total. The third-order valence-corrected chi connectivity index (χ3v) is 11.7. The topological polar surface area (TPSA) is 25.0 Å². The van der Waals surface area contributed by atoms with E-state index >= 15 is 0 Å². The number of fused-ring (bicyclic) bond motifs is 15. The van der Waals surface area contributed by atoms with E-state index in [1.807, 2.05) is 0 Å². The van der Waals surface area contributed by atoms with Gasteiger partial charge in [-0.25, -0.2) is 4.98 Å². The molecule has 0 N–H and O–H groups in total. The maximum atomic E-state index is 5.68. The van der Waals surface area contributed by atoms with Gasteiger partial charge in [0.15, 0.2) is 0 Å². The normalized spacial score (nSPS) is 12.5. The zero-order chi connectivity index (χ0) is 34.4. The molecule has 0 radical (unpaired) electrons. The third-order valence-electron chi connectivity index (χ3n) is 11.7. The molecule has 0 fully saturated rings. The predicted molar refractivity (Wildman–Crippen MR) is 223 cm³/mol. The van der Waals surface area contributed by atoms with E-state index in [1.165, 1.54) is 81.3 Å². The molecule has 13 rings (SSSR count). The van der Waals surface area contributed by atoms with E-state index in [4.69, 9.17) is 4.98 Å². The van der Waals surface area contributed by atoms with Gasteiger partial charge in [0, 0.05) is 49.1 Å². The van der Waals surface area contributed by atoms with Crippen LogP contribution in [0.2, 0.25) is 0 Å². The molecule has 4 heteroatoms. The lowest BCUT2D eigenvalue weighted by Crippen LogP contribution is -2.11. The van der Waals surface area contributed by atoms with Crippen LogP contribution in [0.25, 0.3) is 98.0 Å². The molecule has 0 amide bonds.